The Hall–Kier alpha value is -1.89. The van der Waals surface area contributed by atoms with Crippen LogP contribution in [0.1, 0.15) is 33.1 Å². The average molecular weight is 292 g/mol. The number of H-pyrrole nitrogens is 1. The monoisotopic (exact) mass is 292 g/mol. The molecule has 21 heavy (non-hydrogen) atoms. The molecule has 2 rings (SSSR count). The Bertz CT molecular complexity index is 549. The Morgan fingerprint density at radius 1 is 1.24 bits per heavy atom. The van der Waals surface area contributed by atoms with Gasteiger partial charge in [0.25, 0.3) is 0 Å². The zero-order valence-corrected chi connectivity index (χ0v) is 12.7. The summed E-state index contributed by atoms with van der Waals surface area (Å²) in [5.74, 6) is 1.81. The Labute approximate surface area is 124 Å². The summed E-state index contributed by atoms with van der Waals surface area (Å²) in [7, 11) is 0. The fourth-order valence-electron chi connectivity index (χ4n) is 2.39. The first-order valence-electron chi connectivity index (χ1n) is 7.58. The average Bonchev–Trinajstić information content (AvgIpc) is 2.93. The van der Waals surface area contributed by atoms with Crippen molar-refractivity contribution in [3.8, 4) is 0 Å². The maximum absolute atomic E-state index is 9.13. The summed E-state index contributed by atoms with van der Waals surface area (Å²) in [6.45, 7) is 5.94. The summed E-state index contributed by atoms with van der Waals surface area (Å²) in [5.41, 5.74) is 0.720. The number of anilines is 2. The summed E-state index contributed by atoms with van der Waals surface area (Å²) in [5, 5.41) is 23.4. The number of fused-ring (bicyclic) bond motifs is 1. The van der Waals surface area contributed by atoms with Gasteiger partial charge in [-0.25, -0.2) is 0 Å². The minimum Gasteiger partial charge on any atom is -0.396 e. The van der Waals surface area contributed by atoms with Gasteiger partial charge in [-0.2, -0.15) is 15.1 Å². The second kappa shape index (κ2) is 7.78. The summed E-state index contributed by atoms with van der Waals surface area (Å²) in [6, 6.07) is 0. The van der Waals surface area contributed by atoms with Crippen molar-refractivity contribution in [2.75, 3.05) is 30.3 Å². The number of hydrogen-bond donors (Lipinski definition) is 4. The summed E-state index contributed by atoms with van der Waals surface area (Å²) >= 11 is 0. The molecule has 2 heterocycles. The van der Waals surface area contributed by atoms with Crippen molar-refractivity contribution in [1.82, 2.24) is 20.2 Å². The van der Waals surface area contributed by atoms with Crippen LogP contribution in [0.2, 0.25) is 0 Å². The number of nitrogens with zero attached hydrogens (tertiary/aromatic N) is 3. The molecule has 0 spiro atoms. The van der Waals surface area contributed by atoms with Crippen molar-refractivity contribution in [1.29, 1.82) is 0 Å². The SMILES string of the molecule is CCCC(CCO)CNc1nc(NCC)nc2[nH]ncc12. The number of nitrogens with one attached hydrogen (secondary N) is 3. The molecular weight excluding hydrogens is 268 g/mol. The molecule has 0 fully saturated rings. The summed E-state index contributed by atoms with van der Waals surface area (Å²) in [4.78, 5) is 8.86. The highest BCUT2D eigenvalue weighted by Gasteiger charge is 2.12. The molecule has 7 heteroatoms. The summed E-state index contributed by atoms with van der Waals surface area (Å²) < 4.78 is 0. The quantitative estimate of drug-likeness (QED) is 0.564. The van der Waals surface area contributed by atoms with Crippen LogP contribution in [0.15, 0.2) is 6.20 Å². The first-order chi connectivity index (χ1) is 10.3. The molecule has 4 N–H and O–H groups in total. The Balaban J connectivity index is 2.13. The third kappa shape index (κ3) is 4.04. The van der Waals surface area contributed by atoms with Crippen molar-refractivity contribution < 1.29 is 5.11 Å². The van der Waals surface area contributed by atoms with Gasteiger partial charge < -0.3 is 15.7 Å². The van der Waals surface area contributed by atoms with E-state index in [9.17, 15) is 0 Å². The van der Waals surface area contributed by atoms with Gasteiger partial charge in [0.05, 0.1) is 11.6 Å². The van der Waals surface area contributed by atoms with Crippen LogP contribution in [0.3, 0.4) is 0 Å². The minimum absolute atomic E-state index is 0.222. The van der Waals surface area contributed by atoms with Gasteiger partial charge in [-0.1, -0.05) is 13.3 Å². The zero-order valence-electron chi connectivity index (χ0n) is 12.7. The molecule has 2 aromatic rings. The van der Waals surface area contributed by atoms with Gasteiger partial charge in [0, 0.05) is 19.7 Å². The van der Waals surface area contributed by atoms with E-state index in [0.717, 1.165) is 49.2 Å². The van der Waals surface area contributed by atoms with E-state index >= 15 is 0 Å². The van der Waals surface area contributed by atoms with Crippen LogP contribution in [0.4, 0.5) is 11.8 Å². The predicted molar refractivity (Wildman–Crippen MR) is 84.4 cm³/mol. The fraction of sp³-hybridized carbons (Fsp3) is 0.643. The molecule has 7 nitrogen and oxygen atoms in total. The standard InChI is InChI=1S/C14H24N6O/c1-3-5-10(6-7-21)8-16-12-11-9-17-20-13(11)19-14(18-12)15-4-2/h9-10,21H,3-8H2,1-2H3,(H3,15,16,17,18,19,20). The molecule has 2 aromatic heterocycles. The fourth-order valence-corrected chi connectivity index (χ4v) is 2.39. The highest BCUT2D eigenvalue weighted by molar-refractivity contribution is 5.86. The first kappa shape index (κ1) is 15.5. The second-order valence-corrected chi connectivity index (χ2v) is 5.11. The minimum atomic E-state index is 0.222. The molecule has 116 valence electrons. The second-order valence-electron chi connectivity index (χ2n) is 5.11. The lowest BCUT2D eigenvalue weighted by atomic mass is 10.0. The van der Waals surface area contributed by atoms with Gasteiger partial charge in [-0.15, -0.1) is 0 Å². The van der Waals surface area contributed by atoms with Gasteiger partial charge in [0.1, 0.15) is 5.82 Å². The Morgan fingerprint density at radius 2 is 2.10 bits per heavy atom. The van der Waals surface area contributed by atoms with Crippen molar-refractivity contribution in [2.24, 2.45) is 5.92 Å². The van der Waals surface area contributed by atoms with Crippen LogP contribution >= 0.6 is 0 Å². The van der Waals surface area contributed by atoms with Gasteiger partial charge in [0.15, 0.2) is 5.65 Å². The van der Waals surface area contributed by atoms with E-state index in [1.54, 1.807) is 6.20 Å². The van der Waals surface area contributed by atoms with Crippen LogP contribution in [0.5, 0.6) is 0 Å². The molecule has 0 saturated carbocycles. The van der Waals surface area contributed by atoms with Crippen molar-refractivity contribution in [3.05, 3.63) is 6.20 Å². The highest BCUT2D eigenvalue weighted by atomic mass is 16.3. The molecule has 0 saturated heterocycles. The van der Waals surface area contributed by atoms with E-state index in [1.165, 1.54) is 0 Å². The van der Waals surface area contributed by atoms with E-state index in [4.69, 9.17) is 5.11 Å². The van der Waals surface area contributed by atoms with E-state index in [2.05, 4.69) is 37.7 Å². The molecule has 0 radical (unpaired) electrons. The van der Waals surface area contributed by atoms with E-state index in [-0.39, 0.29) is 6.61 Å². The topological polar surface area (TPSA) is 98.7 Å². The van der Waals surface area contributed by atoms with Crippen molar-refractivity contribution in [2.45, 2.75) is 33.1 Å². The van der Waals surface area contributed by atoms with Crippen molar-refractivity contribution >= 4 is 22.8 Å². The number of hydrogen-bond acceptors (Lipinski definition) is 6. The third-order valence-electron chi connectivity index (χ3n) is 3.44. The molecule has 0 aliphatic heterocycles. The lowest BCUT2D eigenvalue weighted by molar-refractivity contribution is 0.255. The predicted octanol–water partition coefficient (Wildman–Crippen LogP) is 2.00. The normalized spacial score (nSPS) is 12.5. The van der Waals surface area contributed by atoms with E-state index < -0.39 is 0 Å². The van der Waals surface area contributed by atoms with E-state index in [1.807, 2.05) is 6.92 Å². The number of aliphatic hydroxyl groups excluding tert-OH is 1. The number of aliphatic hydroxyl groups is 1. The van der Waals surface area contributed by atoms with Gasteiger partial charge in [-0.3, -0.25) is 5.10 Å². The largest absolute Gasteiger partial charge is 0.396 e. The van der Waals surface area contributed by atoms with Gasteiger partial charge >= 0.3 is 0 Å². The van der Waals surface area contributed by atoms with Gasteiger partial charge in [0.2, 0.25) is 5.95 Å². The smallest absolute Gasteiger partial charge is 0.226 e. The van der Waals surface area contributed by atoms with Crippen LogP contribution < -0.4 is 10.6 Å². The zero-order chi connectivity index (χ0) is 15.1. The van der Waals surface area contributed by atoms with E-state index in [0.29, 0.717) is 11.9 Å². The molecule has 0 bridgehead atoms. The molecule has 0 aliphatic carbocycles. The van der Waals surface area contributed by atoms with Crippen LogP contribution in [-0.4, -0.2) is 45.0 Å². The molecule has 1 unspecified atom stereocenters. The lowest BCUT2D eigenvalue weighted by Crippen LogP contribution is -2.17. The van der Waals surface area contributed by atoms with Crippen LogP contribution in [0.25, 0.3) is 11.0 Å². The van der Waals surface area contributed by atoms with Crippen LogP contribution in [-0.2, 0) is 0 Å². The maximum atomic E-state index is 9.13. The molecule has 0 aromatic carbocycles. The summed E-state index contributed by atoms with van der Waals surface area (Å²) in [6.07, 6.45) is 4.74. The maximum Gasteiger partial charge on any atom is 0.226 e. The Kier molecular flexibility index (Phi) is 5.74. The number of aromatic nitrogens is 4. The molecule has 1 atom stereocenters. The Morgan fingerprint density at radius 3 is 2.81 bits per heavy atom. The third-order valence-corrected chi connectivity index (χ3v) is 3.44. The molecular formula is C14H24N6O. The lowest BCUT2D eigenvalue weighted by Gasteiger charge is -2.16. The number of aromatic amines is 1. The van der Waals surface area contributed by atoms with Crippen LogP contribution in [0, 0.1) is 5.92 Å². The van der Waals surface area contributed by atoms with Crippen molar-refractivity contribution in [3.63, 3.8) is 0 Å². The van der Waals surface area contributed by atoms with Gasteiger partial charge in [-0.05, 0) is 25.7 Å². The highest BCUT2D eigenvalue weighted by Crippen LogP contribution is 2.21. The molecule has 0 amide bonds. The molecule has 0 aliphatic rings. The first-order valence-corrected chi connectivity index (χ1v) is 7.58. The number of rotatable bonds is 9.